The Balaban J connectivity index is 2.16. The first-order valence-corrected chi connectivity index (χ1v) is 4.24. The molecule has 0 aromatic carbocycles. The minimum atomic E-state index is -1.01. The first-order chi connectivity index (χ1) is 7.18. The van der Waals surface area contributed by atoms with E-state index in [4.69, 9.17) is 14.3 Å². The van der Waals surface area contributed by atoms with Crippen molar-refractivity contribution in [2.24, 2.45) is 5.92 Å². The first kappa shape index (κ1) is 9.50. The number of aliphatic carboxylic acids is 1. The van der Waals surface area contributed by atoms with E-state index >= 15 is 0 Å². The molecule has 2 rings (SSSR count). The quantitative estimate of drug-likeness (QED) is 0.759. The van der Waals surface area contributed by atoms with E-state index in [-0.39, 0.29) is 19.0 Å². The molecule has 1 aromatic rings. The van der Waals surface area contributed by atoms with Gasteiger partial charge in [-0.25, -0.2) is 14.7 Å². The Morgan fingerprint density at radius 2 is 2.47 bits per heavy atom. The van der Waals surface area contributed by atoms with Gasteiger partial charge in [-0.15, -0.1) is 0 Å². The van der Waals surface area contributed by atoms with E-state index in [1.807, 2.05) is 0 Å². The molecule has 0 saturated carbocycles. The van der Waals surface area contributed by atoms with Crippen molar-refractivity contribution in [1.29, 1.82) is 0 Å². The number of carbonyl (C=O) groups excluding carboxylic acids is 1. The predicted octanol–water partition coefficient (Wildman–Crippen LogP) is 0.332. The average Bonchev–Trinajstić information content (AvgIpc) is 2.71. The van der Waals surface area contributed by atoms with Crippen LogP contribution in [0.5, 0.6) is 0 Å². The van der Waals surface area contributed by atoms with Crippen LogP contribution in [0, 0.1) is 5.92 Å². The second-order valence-corrected chi connectivity index (χ2v) is 3.06. The smallest absolute Gasteiger partial charge is 0.416 e. The van der Waals surface area contributed by atoms with Crippen LogP contribution in [-0.2, 0) is 9.53 Å². The maximum absolute atomic E-state index is 11.3. The summed E-state index contributed by atoms with van der Waals surface area (Å²) in [6.45, 7) is -0.0812. The molecule has 1 saturated heterocycles. The van der Waals surface area contributed by atoms with E-state index in [0.29, 0.717) is 0 Å². The molecule has 1 unspecified atom stereocenters. The van der Waals surface area contributed by atoms with E-state index in [1.165, 1.54) is 6.20 Å². The van der Waals surface area contributed by atoms with Crippen LogP contribution in [0.25, 0.3) is 0 Å². The molecule has 0 spiro atoms. The van der Waals surface area contributed by atoms with Crippen LogP contribution >= 0.6 is 0 Å². The van der Waals surface area contributed by atoms with Crippen LogP contribution in [-0.4, -0.2) is 35.3 Å². The number of hydrogen-bond acceptors (Lipinski definition) is 5. The lowest BCUT2D eigenvalue weighted by Crippen LogP contribution is -2.45. The van der Waals surface area contributed by atoms with Gasteiger partial charge in [0.25, 0.3) is 0 Å². The number of rotatable bonds is 2. The number of carboxylic acids is 1. The van der Waals surface area contributed by atoms with E-state index < -0.39 is 18.0 Å². The molecule has 0 bridgehead atoms. The number of amides is 1. The van der Waals surface area contributed by atoms with Gasteiger partial charge in [0.15, 0.2) is 6.39 Å². The predicted molar refractivity (Wildman–Crippen MR) is 46.3 cm³/mol. The van der Waals surface area contributed by atoms with Gasteiger partial charge in [0.2, 0.25) is 5.88 Å². The Hall–Kier alpha value is -2.05. The largest absolute Gasteiger partial charge is 0.481 e. The van der Waals surface area contributed by atoms with Crippen molar-refractivity contribution in [2.75, 3.05) is 18.1 Å². The third kappa shape index (κ3) is 1.76. The number of carbonyl (C=O) groups is 2. The van der Waals surface area contributed by atoms with Crippen molar-refractivity contribution < 1.29 is 23.8 Å². The molecule has 15 heavy (non-hydrogen) atoms. The van der Waals surface area contributed by atoms with Crippen LogP contribution in [0.1, 0.15) is 0 Å². The molecule has 7 heteroatoms. The van der Waals surface area contributed by atoms with Crippen molar-refractivity contribution in [3.05, 3.63) is 12.6 Å². The Kier molecular flexibility index (Phi) is 2.28. The van der Waals surface area contributed by atoms with Crippen molar-refractivity contribution in [2.45, 2.75) is 0 Å². The summed E-state index contributed by atoms with van der Waals surface area (Å²) in [5.74, 6) is -1.56. The number of nitrogens with zero attached hydrogens (tertiary/aromatic N) is 2. The summed E-state index contributed by atoms with van der Waals surface area (Å²) >= 11 is 0. The molecule has 1 aromatic heterocycles. The summed E-state index contributed by atoms with van der Waals surface area (Å²) < 4.78 is 9.60. The molecule has 1 fully saturated rings. The molecule has 80 valence electrons. The number of hydrogen-bond donors (Lipinski definition) is 1. The fourth-order valence-electron chi connectivity index (χ4n) is 1.27. The third-order valence-corrected chi connectivity index (χ3v) is 2.07. The van der Waals surface area contributed by atoms with E-state index in [1.54, 1.807) is 0 Å². The topological polar surface area (TPSA) is 92.9 Å². The van der Waals surface area contributed by atoms with Gasteiger partial charge in [-0.05, 0) is 0 Å². The van der Waals surface area contributed by atoms with Crippen molar-refractivity contribution in [3.8, 4) is 0 Å². The molecule has 7 nitrogen and oxygen atoms in total. The number of anilines is 1. The molecule has 0 radical (unpaired) electrons. The number of cyclic esters (lactones) is 1. The minimum absolute atomic E-state index is 0.0311. The summed E-state index contributed by atoms with van der Waals surface area (Å²) in [5, 5.41) is 8.78. The molecule has 1 N–H and O–H groups in total. The van der Waals surface area contributed by atoms with Crippen molar-refractivity contribution in [1.82, 2.24) is 4.98 Å². The third-order valence-electron chi connectivity index (χ3n) is 2.07. The number of aromatic nitrogens is 1. The standard InChI is InChI=1S/C8H8N2O5/c11-7(12)5-2-10(8(13)14-3-5)6-1-9-4-15-6/h1,4-5H,2-3H2,(H,11,12). The molecule has 0 aliphatic carbocycles. The molecular formula is C8H8N2O5. The SMILES string of the molecule is O=C(O)C1COC(=O)N(c2cnco2)C1. The van der Waals surface area contributed by atoms with Crippen molar-refractivity contribution >= 4 is 17.9 Å². The maximum atomic E-state index is 11.3. The Labute approximate surface area is 84.3 Å². The highest BCUT2D eigenvalue weighted by atomic mass is 16.6. The molecule has 1 aliphatic heterocycles. The fraction of sp³-hybridized carbons (Fsp3) is 0.375. The molecule has 1 aliphatic rings. The van der Waals surface area contributed by atoms with Crippen molar-refractivity contribution in [3.63, 3.8) is 0 Å². The average molecular weight is 212 g/mol. The van der Waals surface area contributed by atoms with Gasteiger partial charge >= 0.3 is 12.1 Å². The zero-order valence-electron chi connectivity index (χ0n) is 7.62. The zero-order valence-corrected chi connectivity index (χ0v) is 7.62. The zero-order chi connectivity index (χ0) is 10.8. The monoisotopic (exact) mass is 212 g/mol. The van der Waals surface area contributed by atoms with E-state index in [0.717, 1.165) is 11.3 Å². The second-order valence-electron chi connectivity index (χ2n) is 3.06. The normalized spacial score (nSPS) is 21.2. The van der Waals surface area contributed by atoms with Crippen LogP contribution in [0.2, 0.25) is 0 Å². The summed E-state index contributed by atoms with van der Waals surface area (Å²) in [6, 6.07) is 0. The highest BCUT2D eigenvalue weighted by molar-refractivity contribution is 5.88. The van der Waals surface area contributed by atoms with Gasteiger partial charge in [0.1, 0.15) is 12.5 Å². The molecule has 1 atom stereocenters. The van der Waals surface area contributed by atoms with Gasteiger partial charge in [0.05, 0.1) is 6.20 Å². The molecule has 2 heterocycles. The van der Waals surface area contributed by atoms with Crippen LogP contribution in [0.3, 0.4) is 0 Å². The number of oxazole rings is 1. The highest BCUT2D eigenvalue weighted by Crippen LogP contribution is 2.20. The lowest BCUT2D eigenvalue weighted by atomic mass is 10.1. The van der Waals surface area contributed by atoms with Crippen LogP contribution < -0.4 is 4.90 Å². The highest BCUT2D eigenvalue weighted by Gasteiger charge is 2.33. The van der Waals surface area contributed by atoms with Gasteiger partial charge < -0.3 is 14.3 Å². The van der Waals surface area contributed by atoms with Gasteiger partial charge in [-0.1, -0.05) is 0 Å². The molecule has 1 amide bonds. The number of ether oxygens (including phenoxy) is 1. The Morgan fingerprint density at radius 3 is 3.07 bits per heavy atom. The summed E-state index contributed by atoms with van der Waals surface area (Å²) in [5.41, 5.74) is 0. The minimum Gasteiger partial charge on any atom is -0.481 e. The summed E-state index contributed by atoms with van der Waals surface area (Å²) in [7, 11) is 0. The summed E-state index contributed by atoms with van der Waals surface area (Å²) in [6.07, 6.45) is 1.86. The summed E-state index contributed by atoms with van der Waals surface area (Å²) in [4.78, 5) is 26.7. The van der Waals surface area contributed by atoms with Gasteiger partial charge in [-0.3, -0.25) is 4.79 Å². The second kappa shape index (κ2) is 3.60. The van der Waals surface area contributed by atoms with E-state index in [9.17, 15) is 9.59 Å². The fourth-order valence-corrected chi connectivity index (χ4v) is 1.27. The van der Waals surface area contributed by atoms with Gasteiger partial charge in [-0.2, -0.15) is 0 Å². The Bertz CT molecular complexity index is 374. The maximum Gasteiger partial charge on any atom is 0.416 e. The van der Waals surface area contributed by atoms with E-state index in [2.05, 4.69) is 4.98 Å². The number of carboxylic acid groups (broad SMARTS) is 1. The lowest BCUT2D eigenvalue weighted by molar-refractivity contribution is -0.143. The lowest BCUT2D eigenvalue weighted by Gasteiger charge is -2.27. The molecular weight excluding hydrogens is 204 g/mol. The van der Waals surface area contributed by atoms with Crippen LogP contribution in [0.4, 0.5) is 10.7 Å². The van der Waals surface area contributed by atoms with Crippen LogP contribution in [0.15, 0.2) is 17.0 Å². The Morgan fingerprint density at radius 1 is 1.67 bits per heavy atom. The van der Waals surface area contributed by atoms with Gasteiger partial charge in [0, 0.05) is 6.54 Å². The first-order valence-electron chi connectivity index (χ1n) is 4.24.